The zero-order valence-corrected chi connectivity index (χ0v) is 11.9. The Balaban J connectivity index is 1.72. The fourth-order valence-electron chi connectivity index (χ4n) is 2.79. The van der Waals surface area contributed by atoms with Gasteiger partial charge in [0.05, 0.1) is 0 Å². The van der Waals surface area contributed by atoms with Gasteiger partial charge in [-0.3, -0.25) is 0 Å². The molecule has 0 spiro atoms. The molecular formula is C15H19BrO. The standard InChI is InChI=1S/C15H19BrO/c1-10-7-13-9-12(5-6-15(13)17-10)14(16)8-11-3-2-4-11/h5-6,9-11,14H,2-4,7-8H2,1H3. The molecule has 92 valence electrons. The third-order valence-electron chi connectivity index (χ3n) is 4.05. The van der Waals surface area contributed by atoms with Crippen molar-refractivity contribution in [3.63, 3.8) is 0 Å². The second-order valence-electron chi connectivity index (χ2n) is 5.50. The van der Waals surface area contributed by atoms with Gasteiger partial charge in [-0.25, -0.2) is 0 Å². The van der Waals surface area contributed by atoms with Crippen LogP contribution in [-0.4, -0.2) is 6.10 Å². The van der Waals surface area contributed by atoms with Crippen LogP contribution >= 0.6 is 15.9 Å². The summed E-state index contributed by atoms with van der Waals surface area (Å²) in [7, 11) is 0. The van der Waals surface area contributed by atoms with E-state index >= 15 is 0 Å². The molecule has 0 saturated heterocycles. The van der Waals surface area contributed by atoms with Crippen LogP contribution in [0.3, 0.4) is 0 Å². The van der Waals surface area contributed by atoms with Crippen molar-refractivity contribution >= 4 is 15.9 Å². The van der Waals surface area contributed by atoms with E-state index in [0.717, 1.165) is 18.1 Å². The summed E-state index contributed by atoms with van der Waals surface area (Å²) in [5, 5.41) is 0. The van der Waals surface area contributed by atoms with Crippen LogP contribution in [-0.2, 0) is 6.42 Å². The molecule has 1 fully saturated rings. The Morgan fingerprint density at radius 3 is 2.94 bits per heavy atom. The highest BCUT2D eigenvalue weighted by Gasteiger charge is 2.24. The number of benzene rings is 1. The molecule has 2 unspecified atom stereocenters. The Bertz CT molecular complexity index is 411. The first-order valence-electron chi connectivity index (χ1n) is 6.66. The van der Waals surface area contributed by atoms with Gasteiger partial charge in [-0.15, -0.1) is 0 Å². The minimum atomic E-state index is 0.348. The van der Waals surface area contributed by atoms with Crippen molar-refractivity contribution in [2.45, 2.75) is 50.0 Å². The topological polar surface area (TPSA) is 9.23 Å². The predicted octanol–water partition coefficient (Wildman–Crippen LogP) is 4.64. The third-order valence-corrected chi connectivity index (χ3v) is 4.95. The van der Waals surface area contributed by atoms with Gasteiger partial charge in [0.15, 0.2) is 0 Å². The van der Waals surface area contributed by atoms with Crippen LogP contribution in [0.25, 0.3) is 0 Å². The lowest BCUT2D eigenvalue weighted by Crippen LogP contribution is -2.12. The van der Waals surface area contributed by atoms with Gasteiger partial charge < -0.3 is 4.74 Å². The monoisotopic (exact) mass is 294 g/mol. The van der Waals surface area contributed by atoms with Crippen LogP contribution in [0, 0.1) is 5.92 Å². The maximum Gasteiger partial charge on any atom is 0.123 e. The van der Waals surface area contributed by atoms with E-state index in [9.17, 15) is 0 Å². The molecule has 0 N–H and O–H groups in total. The lowest BCUT2D eigenvalue weighted by Gasteiger charge is -2.27. The second-order valence-corrected chi connectivity index (χ2v) is 6.61. The van der Waals surface area contributed by atoms with Gasteiger partial charge in [0.25, 0.3) is 0 Å². The average molecular weight is 295 g/mol. The number of hydrogen-bond donors (Lipinski definition) is 0. The Morgan fingerprint density at radius 1 is 1.41 bits per heavy atom. The van der Waals surface area contributed by atoms with Gasteiger partial charge in [0, 0.05) is 11.2 Å². The number of ether oxygens (including phenoxy) is 1. The van der Waals surface area contributed by atoms with Gasteiger partial charge in [-0.2, -0.15) is 0 Å². The Hall–Kier alpha value is -0.500. The fraction of sp³-hybridized carbons (Fsp3) is 0.600. The molecule has 0 radical (unpaired) electrons. The molecule has 1 nitrogen and oxygen atoms in total. The van der Waals surface area contributed by atoms with Crippen LogP contribution in [0.1, 0.15) is 48.6 Å². The second kappa shape index (κ2) is 4.64. The molecule has 3 rings (SSSR count). The maximum absolute atomic E-state index is 5.74. The van der Waals surface area contributed by atoms with Crippen LogP contribution in [0.15, 0.2) is 18.2 Å². The third kappa shape index (κ3) is 2.37. The molecule has 1 aliphatic carbocycles. The van der Waals surface area contributed by atoms with Gasteiger partial charge in [0.1, 0.15) is 11.9 Å². The van der Waals surface area contributed by atoms with Crippen molar-refractivity contribution in [2.24, 2.45) is 5.92 Å². The summed E-state index contributed by atoms with van der Waals surface area (Å²) in [6, 6.07) is 6.69. The molecule has 0 bridgehead atoms. The first kappa shape index (κ1) is 11.6. The zero-order valence-electron chi connectivity index (χ0n) is 10.3. The average Bonchev–Trinajstić information content (AvgIpc) is 2.62. The lowest BCUT2D eigenvalue weighted by atomic mass is 9.81. The summed E-state index contributed by atoms with van der Waals surface area (Å²) < 4.78 is 5.74. The van der Waals surface area contributed by atoms with E-state index in [-0.39, 0.29) is 0 Å². The highest BCUT2D eigenvalue weighted by Crippen LogP contribution is 2.40. The molecule has 1 aromatic rings. The molecule has 1 aliphatic heterocycles. The van der Waals surface area contributed by atoms with Crippen molar-refractivity contribution in [1.29, 1.82) is 0 Å². The SMILES string of the molecule is CC1Cc2cc(C(Br)CC3CCC3)ccc2O1. The molecule has 1 saturated carbocycles. The van der Waals surface area contributed by atoms with E-state index in [0.29, 0.717) is 10.9 Å². The van der Waals surface area contributed by atoms with Crippen molar-refractivity contribution < 1.29 is 4.74 Å². The van der Waals surface area contributed by atoms with Crippen LogP contribution in [0.2, 0.25) is 0 Å². The molecule has 2 atom stereocenters. The summed E-state index contributed by atoms with van der Waals surface area (Å²) in [5.74, 6) is 2.03. The molecule has 1 heterocycles. The number of fused-ring (bicyclic) bond motifs is 1. The van der Waals surface area contributed by atoms with E-state index < -0.39 is 0 Å². The van der Waals surface area contributed by atoms with Gasteiger partial charge in [-0.05, 0) is 36.5 Å². The largest absolute Gasteiger partial charge is 0.490 e. The van der Waals surface area contributed by atoms with Crippen molar-refractivity contribution in [1.82, 2.24) is 0 Å². The van der Waals surface area contributed by atoms with Gasteiger partial charge in [0.2, 0.25) is 0 Å². The smallest absolute Gasteiger partial charge is 0.123 e. The summed E-state index contributed by atoms with van der Waals surface area (Å²) in [4.78, 5) is 0.522. The zero-order chi connectivity index (χ0) is 11.8. The highest BCUT2D eigenvalue weighted by molar-refractivity contribution is 9.09. The minimum Gasteiger partial charge on any atom is -0.490 e. The van der Waals surface area contributed by atoms with E-state index in [1.807, 2.05) is 0 Å². The normalized spacial score (nSPS) is 24.9. The van der Waals surface area contributed by atoms with E-state index in [1.54, 1.807) is 0 Å². The summed E-state index contributed by atoms with van der Waals surface area (Å²) >= 11 is 3.84. The predicted molar refractivity (Wildman–Crippen MR) is 73.9 cm³/mol. The molecule has 0 amide bonds. The van der Waals surface area contributed by atoms with E-state index in [1.165, 1.54) is 36.8 Å². The first-order chi connectivity index (χ1) is 8.22. The number of alkyl halides is 1. The highest BCUT2D eigenvalue weighted by atomic mass is 79.9. The fourth-order valence-corrected chi connectivity index (χ4v) is 3.61. The minimum absolute atomic E-state index is 0.348. The van der Waals surface area contributed by atoms with Gasteiger partial charge >= 0.3 is 0 Å². The quantitative estimate of drug-likeness (QED) is 0.738. The van der Waals surface area contributed by atoms with Crippen LogP contribution in [0.5, 0.6) is 5.75 Å². The Morgan fingerprint density at radius 2 is 2.24 bits per heavy atom. The van der Waals surface area contributed by atoms with Crippen molar-refractivity contribution in [3.8, 4) is 5.75 Å². The van der Waals surface area contributed by atoms with Gasteiger partial charge in [-0.1, -0.05) is 47.3 Å². The molecule has 0 aromatic heterocycles. The maximum atomic E-state index is 5.74. The van der Waals surface area contributed by atoms with Crippen molar-refractivity contribution in [3.05, 3.63) is 29.3 Å². The molecule has 2 aliphatic rings. The number of halogens is 1. The number of rotatable bonds is 3. The molecule has 17 heavy (non-hydrogen) atoms. The first-order valence-corrected chi connectivity index (χ1v) is 7.57. The van der Waals surface area contributed by atoms with E-state index in [4.69, 9.17) is 4.74 Å². The van der Waals surface area contributed by atoms with E-state index in [2.05, 4.69) is 41.1 Å². The molecule has 1 aromatic carbocycles. The molecule has 2 heteroatoms. The Labute approximate surface area is 112 Å². The summed E-state index contributed by atoms with van der Waals surface area (Å²) in [5.41, 5.74) is 2.81. The summed E-state index contributed by atoms with van der Waals surface area (Å²) in [6.07, 6.45) is 6.97. The Kier molecular flexibility index (Phi) is 3.16. The molecular weight excluding hydrogens is 276 g/mol. The van der Waals surface area contributed by atoms with Crippen molar-refractivity contribution in [2.75, 3.05) is 0 Å². The lowest BCUT2D eigenvalue weighted by molar-refractivity contribution is 0.254. The van der Waals surface area contributed by atoms with Crippen LogP contribution < -0.4 is 4.74 Å². The summed E-state index contributed by atoms with van der Waals surface area (Å²) in [6.45, 7) is 2.14. The van der Waals surface area contributed by atoms with Crippen LogP contribution in [0.4, 0.5) is 0 Å². The number of hydrogen-bond acceptors (Lipinski definition) is 1.